The summed E-state index contributed by atoms with van der Waals surface area (Å²) in [6, 6.07) is 1.65. The number of primary amides is 1. The van der Waals surface area contributed by atoms with E-state index in [1.807, 2.05) is 6.92 Å². The number of hydrogen-bond donors (Lipinski definition) is 2. The molecule has 11 heteroatoms. The molecule has 0 spiro atoms. The minimum Gasteiger partial charge on any atom is -0.462 e. The molecule has 0 saturated carbocycles. The van der Waals surface area contributed by atoms with Crippen LogP contribution in [-0.4, -0.2) is 44.0 Å². The molecule has 3 aromatic rings. The lowest BCUT2D eigenvalue weighted by atomic mass is 10.1. The molecule has 0 atom stereocenters. The van der Waals surface area contributed by atoms with Crippen molar-refractivity contribution in [1.82, 2.24) is 19.6 Å². The third kappa shape index (κ3) is 3.62. The van der Waals surface area contributed by atoms with Crippen LogP contribution >= 0.6 is 11.3 Å². The lowest BCUT2D eigenvalue weighted by molar-refractivity contribution is 0.0506. The Kier molecular flexibility index (Phi) is 5.12. The third-order valence-corrected chi connectivity index (χ3v) is 4.78. The molecule has 3 N–H and O–H groups in total. The summed E-state index contributed by atoms with van der Waals surface area (Å²) in [5.41, 5.74) is 5.81. The van der Waals surface area contributed by atoms with Crippen LogP contribution in [0.3, 0.4) is 0 Å². The second kappa shape index (κ2) is 7.50. The molecule has 3 rings (SSSR count). The summed E-state index contributed by atoms with van der Waals surface area (Å²) in [5.74, 6) is -1.86. The number of nitrogens with one attached hydrogen (secondary N) is 1. The molecule has 0 aliphatic carbocycles. The van der Waals surface area contributed by atoms with E-state index in [0.29, 0.717) is 12.0 Å². The number of carbonyl (C=O) groups excluding carboxylic acids is 3. The van der Waals surface area contributed by atoms with Crippen LogP contribution in [-0.2, 0) is 4.74 Å². The number of nitrogens with zero attached hydrogens (tertiary/aromatic N) is 4. The molecular formula is C16H16N6O4S. The molecule has 0 aliphatic heterocycles. The van der Waals surface area contributed by atoms with Gasteiger partial charge in [0.05, 0.1) is 17.0 Å². The molecule has 0 aliphatic rings. The first-order chi connectivity index (χ1) is 12.9. The minimum absolute atomic E-state index is 0.0949. The number of hydrogen-bond acceptors (Lipinski definition) is 8. The predicted molar refractivity (Wildman–Crippen MR) is 96.9 cm³/mol. The van der Waals surface area contributed by atoms with E-state index in [-0.39, 0.29) is 33.7 Å². The minimum atomic E-state index is -0.697. The standard InChI is InChI=1S/C16H16N6O4S/c1-3-7-26-15(25)9-8(2)10(11(17)23)27-14(9)20-13(24)12-19-16-18-5-4-6-22(16)21-12/h4-6H,3,7H2,1-2H3,(H2,17,23)(H,20,24). The lowest BCUT2D eigenvalue weighted by Gasteiger charge is -2.06. The Hall–Kier alpha value is -3.34. The van der Waals surface area contributed by atoms with Crippen LogP contribution in [0.15, 0.2) is 18.5 Å². The highest BCUT2D eigenvalue weighted by molar-refractivity contribution is 7.18. The molecule has 2 amide bonds. The fourth-order valence-electron chi connectivity index (χ4n) is 2.34. The highest BCUT2D eigenvalue weighted by atomic mass is 32.1. The summed E-state index contributed by atoms with van der Waals surface area (Å²) >= 11 is 0.901. The first kappa shape index (κ1) is 18.5. The zero-order valence-electron chi connectivity index (χ0n) is 14.6. The van der Waals surface area contributed by atoms with E-state index in [9.17, 15) is 14.4 Å². The molecule has 0 radical (unpaired) electrons. The number of esters is 1. The van der Waals surface area contributed by atoms with E-state index in [1.165, 1.54) is 10.7 Å². The largest absolute Gasteiger partial charge is 0.462 e. The van der Waals surface area contributed by atoms with Gasteiger partial charge in [-0.05, 0) is 25.0 Å². The molecule has 27 heavy (non-hydrogen) atoms. The summed E-state index contributed by atoms with van der Waals surface area (Å²) in [6.07, 6.45) is 3.76. The number of fused-ring (bicyclic) bond motifs is 1. The van der Waals surface area contributed by atoms with E-state index in [2.05, 4.69) is 20.4 Å². The summed E-state index contributed by atoms with van der Waals surface area (Å²) < 4.78 is 6.49. The number of rotatable bonds is 6. The number of carbonyl (C=O) groups is 3. The maximum absolute atomic E-state index is 12.5. The van der Waals surface area contributed by atoms with Gasteiger partial charge in [-0.25, -0.2) is 14.3 Å². The number of aromatic nitrogens is 4. The highest BCUT2D eigenvalue weighted by Gasteiger charge is 2.27. The molecule has 140 valence electrons. The van der Waals surface area contributed by atoms with Gasteiger partial charge in [0, 0.05) is 12.4 Å². The maximum Gasteiger partial charge on any atom is 0.341 e. The monoisotopic (exact) mass is 388 g/mol. The van der Waals surface area contributed by atoms with E-state index < -0.39 is 17.8 Å². The van der Waals surface area contributed by atoms with Crippen LogP contribution in [0.1, 0.15) is 49.6 Å². The lowest BCUT2D eigenvalue weighted by Crippen LogP contribution is -2.16. The maximum atomic E-state index is 12.5. The first-order valence-electron chi connectivity index (χ1n) is 8.01. The molecule has 0 bridgehead atoms. The summed E-state index contributed by atoms with van der Waals surface area (Å²) in [4.78, 5) is 44.7. The van der Waals surface area contributed by atoms with Gasteiger partial charge in [-0.3, -0.25) is 9.59 Å². The van der Waals surface area contributed by atoms with Crippen LogP contribution in [0.25, 0.3) is 5.78 Å². The van der Waals surface area contributed by atoms with Crippen molar-refractivity contribution >= 4 is 39.9 Å². The van der Waals surface area contributed by atoms with E-state index >= 15 is 0 Å². The van der Waals surface area contributed by atoms with Crippen molar-refractivity contribution in [2.24, 2.45) is 5.73 Å². The zero-order valence-corrected chi connectivity index (χ0v) is 15.4. The van der Waals surface area contributed by atoms with Crippen LogP contribution < -0.4 is 11.1 Å². The fraction of sp³-hybridized carbons (Fsp3) is 0.250. The Bertz CT molecular complexity index is 1010. The average molecular weight is 388 g/mol. The normalized spacial score (nSPS) is 10.7. The first-order valence-corrected chi connectivity index (χ1v) is 8.83. The smallest absolute Gasteiger partial charge is 0.341 e. The molecule has 10 nitrogen and oxygen atoms in total. The van der Waals surface area contributed by atoms with Gasteiger partial charge >= 0.3 is 5.97 Å². The molecular weight excluding hydrogens is 372 g/mol. The van der Waals surface area contributed by atoms with Gasteiger partial charge in [-0.15, -0.1) is 16.4 Å². The molecule has 0 aromatic carbocycles. The van der Waals surface area contributed by atoms with Gasteiger partial charge in [-0.1, -0.05) is 6.92 Å². The SMILES string of the molecule is CCCOC(=O)c1c(NC(=O)c2nc3ncccn3n2)sc(C(N)=O)c1C. The molecule has 0 saturated heterocycles. The Morgan fingerprint density at radius 3 is 2.81 bits per heavy atom. The van der Waals surface area contributed by atoms with Crippen molar-refractivity contribution in [3.8, 4) is 0 Å². The van der Waals surface area contributed by atoms with Gasteiger partial charge in [0.25, 0.3) is 17.6 Å². The average Bonchev–Trinajstić information content (AvgIpc) is 3.21. The number of nitrogens with two attached hydrogens (primary N) is 1. The number of thiophene rings is 1. The van der Waals surface area contributed by atoms with Crippen LogP contribution in [0.5, 0.6) is 0 Å². The topological polar surface area (TPSA) is 142 Å². The zero-order chi connectivity index (χ0) is 19.6. The Balaban J connectivity index is 1.94. The van der Waals surface area contributed by atoms with Crippen molar-refractivity contribution in [2.75, 3.05) is 11.9 Å². The van der Waals surface area contributed by atoms with Crippen LogP contribution in [0.4, 0.5) is 5.00 Å². The molecule has 3 aromatic heterocycles. The molecule has 3 heterocycles. The summed E-state index contributed by atoms with van der Waals surface area (Å²) in [6.45, 7) is 3.64. The van der Waals surface area contributed by atoms with E-state index in [4.69, 9.17) is 10.5 Å². The number of amides is 2. The van der Waals surface area contributed by atoms with E-state index in [1.54, 1.807) is 19.2 Å². The Labute approximate surface area is 157 Å². The van der Waals surface area contributed by atoms with Crippen molar-refractivity contribution in [1.29, 1.82) is 0 Å². The Morgan fingerprint density at radius 2 is 2.15 bits per heavy atom. The number of ether oxygens (including phenoxy) is 1. The van der Waals surface area contributed by atoms with Gasteiger partial charge in [0.15, 0.2) is 0 Å². The summed E-state index contributed by atoms with van der Waals surface area (Å²) in [7, 11) is 0. The van der Waals surface area contributed by atoms with Crippen molar-refractivity contribution in [2.45, 2.75) is 20.3 Å². The summed E-state index contributed by atoms with van der Waals surface area (Å²) in [5, 5.41) is 6.74. The van der Waals surface area contributed by atoms with Crippen LogP contribution in [0, 0.1) is 6.92 Å². The molecule has 0 fully saturated rings. The van der Waals surface area contributed by atoms with Crippen molar-refractivity contribution in [3.05, 3.63) is 40.3 Å². The van der Waals surface area contributed by atoms with E-state index in [0.717, 1.165) is 11.3 Å². The van der Waals surface area contributed by atoms with Gasteiger partial charge in [-0.2, -0.15) is 4.98 Å². The Morgan fingerprint density at radius 1 is 1.37 bits per heavy atom. The van der Waals surface area contributed by atoms with Gasteiger partial charge < -0.3 is 15.8 Å². The quantitative estimate of drug-likeness (QED) is 0.608. The predicted octanol–water partition coefficient (Wildman–Crippen LogP) is 1.41. The van der Waals surface area contributed by atoms with Crippen molar-refractivity contribution in [3.63, 3.8) is 0 Å². The fourth-order valence-corrected chi connectivity index (χ4v) is 3.38. The second-order valence-corrected chi connectivity index (χ2v) is 6.53. The van der Waals surface area contributed by atoms with Gasteiger partial charge in [0.1, 0.15) is 5.00 Å². The molecule has 0 unspecified atom stereocenters. The number of anilines is 1. The second-order valence-electron chi connectivity index (χ2n) is 5.51. The highest BCUT2D eigenvalue weighted by Crippen LogP contribution is 2.33. The third-order valence-electron chi connectivity index (χ3n) is 3.56. The van der Waals surface area contributed by atoms with Crippen molar-refractivity contribution < 1.29 is 19.1 Å². The van der Waals surface area contributed by atoms with Gasteiger partial charge in [0.2, 0.25) is 5.82 Å². The van der Waals surface area contributed by atoms with Crippen LogP contribution in [0.2, 0.25) is 0 Å².